The zero-order valence-electron chi connectivity index (χ0n) is 13.1. The van der Waals surface area contributed by atoms with Crippen LogP contribution in [0, 0.1) is 0 Å². The monoisotopic (exact) mass is 318 g/mol. The summed E-state index contributed by atoms with van der Waals surface area (Å²) < 4.78 is 5.96. The van der Waals surface area contributed by atoms with E-state index in [4.69, 9.17) is 4.74 Å². The molecule has 5 heteroatoms. The highest BCUT2D eigenvalue weighted by molar-refractivity contribution is 5.65. The summed E-state index contributed by atoms with van der Waals surface area (Å²) in [5.74, 6) is 2.94. The molecular formula is C19H18N4O. The van der Waals surface area contributed by atoms with Crippen molar-refractivity contribution in [3.8, 4) is 11.5 Å². The van der Waals surface area contributed by atoms with Crippen molar-refractivity contribution in [3.05, 3.63) is 66.9 Å². The van der Waals surface area contributed by atoms with Gasteiger partial charge in [0.25, 0.3) is 0 Å². The van der Waals surface area contributed by atoms with Crippen LogP contribution in [-0.2, 0) is 0 Å². The third-order valence-corrected chi connectivity index (χ3v) is 3.69. The SMILES string of the molecule is c1ccc(Oc2ccccc2Nc2ccnc(NC3CC3)n2)cc1. The molecule has 5 nitrogen and oxygen atoms in total. The number of rotatable bonds is 6. The maximum atomic E-state index is 5.96. The minimum absolute atomic E-state index is 0.522. The van der Waals surface area contributed by atoms with Crippen molar-refractivity contribution in [1.82, 2.24) is 9.97 Å². The second kappa shape index (κ2) is 6.58. The van der Waals surface area contributed by atoms with E-state index in [9.17, 15) is 0 Å². The third-order valence-electron chi connectivity index (χ3n) is 3.69. The first-order valence-corrected chi connectivity index (χ1v) is 8.05. The Hall–Kier alpha value is -3.08. The Morgan fingerprint density at radius 3 is 2.54 bits per heavy atom. The molecule has 1 saturated carbocycles. The van der Waals surface area contributed by atoms with E-state index in [2.05, 4.69) is 20.6 Å². The van der Waals surface area contributed by atoms with Gasteiger partial charge in [0.2, 0.25) is 5.95 Å². The minimum atomic E-state index is 0.522. The number of nitrogens with zero attached hydrogens (tertiary/aromatic N) is 2. The summed E-state index contributed by atoms with van der Waals surface area (Å²) in [6, 6.07) is 19.9. The molecule has 0 atom stereocenters. The Balaban J connectivity index is 1.54. The predicted molar refractivity (Wildman–Crippen MR) is 94.9 cm³/mol. The van der Waals surface area contributed by atoms with Crippen LogP contribution in [0.25, 0.3) is 0 Å². The van der Waals surface area contributed by atoms with Gasteiger partial charge in [-0.15, -0.1) is 0 Å². The molecule has 120 valence electrons. The molecule has 0 radical (unpaired) electrons. The van der Waals surface area contributed by atoms with Crippen molar-refractivity contribution in [1.29, 1.82) is 0 Å². The van der Waals surface area contributed by atoms with E-state index in [0.29, 0.717) is 12.0 Å². The summed E-state index contributed by atoms with van der Waals surface area (Å²) in [7, 11) is 0. The van der Waals surface area contributed by atoms with Crippen LogP contribution in [-0.4, -0.2) is 16.0 Å². The van der Waals surface area contributed by atoms with Gasteiger partial charge in [-0.2, -0.15) is 4.98 Å². The number of hydrogen-bond acceptors (Lipinski definition) is 5. The maximum absolute atomic E-state index is 5.96. The first-order valence-electron chi connectivity index (χ1n) is 8.05. The lowest BCUT2D eigenvalue weighted by Gasteiger charge is -2.13. The van der Waals surface area contributed by atoms with E-state index in [1.165, 1.54) is 12.8 Å². The molecule has 2 N–H and O–H groups in total. The molecule has 1 fully saturated rings. The summed E-state index contributed by atoms with van der Waals surface area (Å²) in [6.07, 6.45) is 4.13. The van der Waals surface area contributed by atoms with E-state index in [0.717, 1.165) is 23.0 Å². The lowest BCUT2D eigenvalue weighted by atomic mass is 10.3. The van der Waals surface area contributed by atoms with Crippen LogP contribution in [0.2, 0.25) is 0 Å². The maximum Gasteiger partial charge on any atom is 0.224 e. The summed E-state index contributed by atoms with van der Waals surface area (Å²) in [5.41, 5.74) is 0.859. The second-order valence-electron chi connectivity index (χ2n) is 5.72. The van der Waals surface area contributed by atoms with Gasteiger partial charge in [0.1, 0.15) is 11.6 Å². The van der Waals surface area contributed by atoms with Crippen LogP contribution in [0.5, 0.6) is 11.5 Å². The van der Waals surface area contributed by atoms with Crippen LogP contribution in [0.1, 0.15) is 12.8 Å². The number of benzene rings is 2. The smallest absolute Gasteiger partial charge is 0.224 e. The molecule has 0 saturated heterocycles. The van der Waals surface area contributed by atoms with Crippen molar-refractivity contribution >= 4 is 17.5 Å². The normalized spacial score (nSPS) is 13.3. The van der Waals surface area contributed by atoms with Gasteiger partial charge in [0.05, 0.1) is 5.69 Å². The molecule has 0 unspecified atom stereocenters. The molecule has 4 rings (SSSR count). The summed E-state index contributed by atoms with van der Waals surface area (Å²) in [5, 5.41) is 6.61. The van der Waals surface area contributed by atoms with Gasteiger partial charge in [-0.1, -0.05) is 30.3 Å². The quantitative estimate of drug-likeness (QED) is 0.696. The Kier molecular flexibility index (Phi) is 3.98. The molecule has 0 aliphatic heterocycles. The molecule has 0 amide bonds. The zero-order valence-corrected chi connectivity index (χ0v) is 13.1. The van der Waals surface area contributed by atoms with Gasteiger partial charge < -0.3 is 15.4 Å². The molecule has 3 aromatic rings. The van der Waals surface area contributed by atoms with Crippen molar-refractivity contribution < 1.29 is 4.74 Å². The second-order valence-corrected chi connectivity index (χ2v) is 5.72. The average molecular weight is 318 g/mol. The number of ether oxygens (including phenoxy) is 1. The van der Waals surface area contributed by atoms with E-state index in [1.807, 2.05) is 60.7 Å². The molecule has 1 heterocycles. The fourth-order valence-corrected chi connectivity index (χ4v) is 2.32. The number of aromatic nitrogens is 2. The summed E-state index contributed by atoms with van der Waals surface area (Å²) in [6.45, 7) is 0. The Bertz CT molecular complexity index is 818. The molecule has 0 bridgehead atoms. The fourth-order valence-electron chi connectivity index (χ4n) is 2.32. The molecule has 24 heavy (non-hydrogen) atoms. The summed E-state index contributed by atoms with van der Waals surface area (Å²) >= 11 is 0. The van der Waals surface area contributed by atoms with Crippen LogP contribution in [0.3, 0.4) is 0 Å². The minimum Gasteiger partial charge on any atom is -0.455 e. The average Bonchev–Trinajstić information content (AvgIpc) is 3.42. The molecular weight excluding hydrogens is 300 g/mol. The first kappa shape index (κ1) is 14.5. The standard InChI is InChI=1S/C19H18N4O/c1-2-6-15(7-3-1)24-17-9-5-4-8-16(17)22-18-12-13-20-19(23-18)21-14-10-11-14/h1-9,12-14H,10-11H2,(H2,20,21,22,23). The fraction of sp³-hybridized carbons (Fsp3) is 0.158. The number of hydrogen-bond donors (Lipinski definition) is 2. The van der Waals surface area contributed by atoms with Crippen molar-refractivity contribution in [2.75, 3.05) is 10.6 Å². The lowest BCUT2D eigenvalue weighted by molar-refractivity contribution is 0.485. The van der Waals surface area contributed by atoms with Gasteiger partial charge in [-0.3, -0.25) is 0 Å². The van der Waals surface area contributed by atoms with Crippen LogP contribution >= 0.6 is 0 Å². The summed E-state index contributed by atoms with van der Waals surface area (Å²) in [4.78, 5) is 8.77. The van der Waals surface area contributed by atoms with Gasteiger partial charge in [0.15, 0.2) is 5.75 Å². The Labute approximate surface area is 140 Å². The highest BCUT2D eigenvalue weighted by Crippen LogP contribution is 2.31. The van der Waals surface area contributed by atoms with Crippen molar-refractivity contribution in [2.45, 2.75) is 18.9 Å². The lowest BCUT2D eigenvalue weighted by Crippen LogP contribution is -2.06. The van der Waals surface area contributed by atoms with Gasteiger partial charge >= 0.3 is 0 Å². The van der Waals surface area contributed by atoms with E-state index in [-0.39, 0.29) is 0 Å². The van der Waals surface area contributed by atoms with Gasteiger partial charge in [-0.05, 0) is 43.2 Å². The molecule has 1 aromatic heterocycles. The van der Waals surface area contributed by atoms with Crippen LogP contribution in [0.15, 0.2) is 66.9 Å². The highest BCUT2D eigenvalue weighted by Gasteiger charge is 2.21. The molecule has 1 aliphatic rings. The Morgan fingerprint density at radius 1 is 0.917 bits per heavy atom. The first-order chi connectivity index (χ1) is 11.9. The topological polar surface area (TPSA) is 59.1 Å². The number of nitrogens with one attached hydrogen (secondary N) is 2. The molecule has 2 aromatic carbocycles. The molecule has 1 aliphatic carbocycles. The highest BCUT2D eigenvalue weighted by atomic mass is 16.5. The third kappa shape index (κ3) is 3.63. The van der Waals surface area contributed by atoms with Gasteiger partial charge in [-0.25, -0.2) is 4.98 Å². The predicted octanol–water partition coefficient (Wildman–Crippen LogP) is 4.59. The van der Waals surface area contributed by atoms with E-state index in [1.54, 1.807) is 6.20 Å². The van der Waals surface area contributed by atoms with Crippen molar-refractivity contribution in [3.63, 3.8) is 0 Å². The van der Waals surface area contributed by atoms with E-state index < -0.39 is 0 Å². The number of anilines is 3. The Morgan fingerprint density at radius 2 is 1.71 bits per heavy atom. The van der Waals surface area contributed by atoms with Crippen LogP contribution in [0.4, 0.5) is 17.5 Å². The van der Waals surface area contributed by atoms with E-state index >= 15 is 0 Å². The number of para-hydroxylation sites is 3. The molecule has 0 spiro atoms. The largest absolute Gasteiger partial charge is 0.455 e. The zero-order chi connectivity index (χ0) is 16.2. The van der Waals surface area contributed by atoms with Crippen LogP contribution < -0.4 is 15.4 Å². The van der Waals surface area contributed by atoms with Gasteiger partial charge in [0, 0.05) is 12.2 Å². The van der Waals surface area contributed by atoms with Crippen molar-refractivity contribution in [2.24, 2.45) is 0 Å².